The summed E-state index contributed by atoms with van der Waals surface area (Å²) in [5.41, 5.74) is 12.1. The van der Waals surface area contributed by atoms with E-state index in [2.05, 4.69) is 231 Å². The summed E-state index contributed by atoms with van der Waals surface area (Å²) in [6, 6.07) is 56.4. The Morgan fingerprint density at radius 3 is 1.25 bits per heavy atom. The molecule has 0 fully saturated rings. The van der Waals surface area contributed by atoms with Gasteiger partial charge in [-0.1, -0.05) is 212 Å². The first-order valence-corrected chi connectivity index (χ1v) is 23.5. The molecule has 0 aromatic heterocycles. The smallest absolute Gasteiger partial charge is 0.00206 e. The van der Waals surface area contributed by atoms with E-state index >= 15 is 0 Å². The van der Waals surface area contributed by atoms with Gasteiger partial charge in [0.1, 0.15) is 0 Å². The van der Waals surface area contributed by atoms with Crippen molar-refractivity contribution in [2.24, 2.45) is 5.92 Å². The fourth-order valence-electron chi connectivity index (χ4n) is 9.04. The first-order chi connectivity index (χ1) is 31.7. The highest BCUT2D eigenvalue weighted by Gasteiger charge is 2.16. The Morgan fingerprint density at radius 1 is 0.446 bits per heavy atom. The highest BCUT2D eigenvalue weighted by molar-refractivity contribution is 6.27. The van der Waals surface area contributed by atoms with Crippen LogP contribution in [-0.2, 0) is 0 Å². The lowest BCUT2D eigenvalue weighted by Gasteiger charge is -2.17. The van der Waals surface area contributed by atoms with E-state index in [-0.39, 0.29) is 0 Å². The topological polar surface area (TPSA) is 0 Å². The average molecular weight is 849 g/mol. The molecule has 0 saturated heterocycles. The third-order valence-electron chi connectivity index (χ3n) is 11.6. The SMILES string of the molecule is C#C.C=C.CC.CC.CC(C)C.CC1=C(c2ccccc2C)C=CCC1.Cc1cc(-c2ccc3ccc4cccc5ccc2c3c45)cc(-c2ccc3ccc4cccc5ccc2c3c45)c1. The summed E-state index contributed by atoms with van der Waals surface area (Å²) in [6.07, 6.45) is 14.9. The van der Waals surface area contributed by atoms with Gasteiger partial charge < -0.3 is 0 Å². The van der Waals surface area contributed by atoms with Crippen LogP contribution in [0.5, 0.6) is 0 Å². The second-order valence-corrected chi connectivity index (χ2v) is 16.7. The minimum absolute atomic E-state index is 0.833. The van der Waals surface area contributed by atoms with Crippen LogP contribution in [-0.4, -0.2) is 0 Å². The summed E-state index contributed by atoms with van der Waals surface area (Å²) in [5.74, 6) is 0.833. The van der Waals surface area contributed by atoms with E-state index in [1.54, 1.807) is 0 Å². The molecular weight excluding hydrogens is 781 g/mol. The van der Waals surface area contributed by atoms with E-state index in [0.717, 1.165) is 5.92 Å². The molecule has 0 unspecified atom stereocenters. The monoisotopic (exact) mass is 849 g/mol. The molecule has 0 aliphatic heterocycles. The number of hydrogen-bond acceptors (Lipinski definition) is 0. The van der Waals surface area contributed by atoms with Gasteiger partial charge in [-0.3, -0.25) is 0 Å². The van der Waals surface area contributed by atoms with Gasteiger partial charge in [0, 0.05) is 0 Å². The number of hydrogen-bond donors (Lipinski definition) is 0. The quantitative estimate of drug-likeness (QED) is 0.0944. The minimum Gasteiger partial charge on any atom is -0.124 e. The lowest BCUT2D eigenvalue weighted by molar-refractivity contribution is 0.737. The van der Waals surface area contributed by atoms with E-state index in [1.165, 1.54) is 128 Å². The minimum atomic E-state index is 0.833. The Hall–Kier alpha value is -6.94. The molecule has 0 radical (unpaired) electrons. The predicted octanol–water partition coefficient (Wildman–Crippen LogP) is 20.0. The third kappa shape index (κ3) is 10.4. The van der Waals surface area contributed by atoms with Crippen molar-refractivity contribution in [2.45, 2.75) is 82.1 Å². The molecule has 0 amide bonds. The van der Waals surface area contributed by atoms with Gasteiger partial charge in [-0.05, 0) is 155 Å². The average Bonchev–Trinajstić information content (AvgIpc) is 3.35. The molecule has 0 nitrogen and oxygen atoms in total. The summed E-state index contributed by atoms with van der Waals surface area (Å²) >= 11 is 0. The van der Waals surface area contributed by atoms with Gasteiger partial charge in [0.2, 0.25) is 0 Å². The Kier molecular flexibility index (Phi) is 17.5. The van der Waals surface area contributed by atoms with Gasteiger partial charge in [-0.25, -0.2) is 0 Å². The van der Waals surface area contributed by atoms with Crippen molar-refractivity contribution in [2.75, 3.05) is 0 Å². The van der Waals surface area contributed by atoms with Crippen LogP contribution in [0.3, 0.4) is 0 Å². The molecule has 0 heterocycles. The maximum absolute atomic E-state index is 4.00. The van der Waals surface area contributed by atoms with Crippen LogP contribution in [0, 0.1) is 32.6 Å². The summed E-state index contributed by atoms with van der Waals surface area (Å²) in [6.45, 7) is 27.1. The summed E-state index contributed by atoms with van der Waals surface area (Å²) in [4.78, 5) is 0. The van der Waals surface area contributed by atoms with Gasteiger partial charge in [0.15, 0.2) is 0 Å². The molecule has 0 saturated carbocycles. The molecule has 0 spiro atoms. The van der Waals surface area contributed by atoms with E-state index in [4.69, 9.17) is 0 Å². The molecule has 10 aromatic carbocycles. The molecule has 0 atom stereocenters. The van der Waals surface area contributed by atoms with Crippen LogP contribution < -0.4 is 0 Å². The van der Waals surface area contributed by atoms with Crippen LogP contribution >= 0.6 is 0 Å². The molecule has 1 aliphatic carbocycles. The van der Waals surface area contributed by atoms with Crippen molar-refractivity contribution in [1.29, 1.82) is 0 Å². The largest absolute Gasteiger partial charge is 0.124 e. The number of rotatable bonds is 3. The number of benzene rings is 10. The van der Waals surface area contributed by atoms with Gasteiger partial charge in [0.05, 0.1) is 0 Å². The molecule has 0 N–H and O–H groups in total. The van der Waals surface area contributed by atoms with Crippen LogP contribution in [0.2, 0.25) is 0 Å². The van der Waals surface area contributed by atoms with Crippen molar-refractivity contribution in [1.82, 2.24) is 0 Å². The first kappa shape index (κ1) is 49.1. The summed E-state index contributed by atoms with van der Waals surface area (Å²) < 4.78 is 0. The molecule has 0 bridgehead atoms. The van der Waals surface area contributed by atoms with Crippen molar-refractivity contribution >= 4 is 70.2 Å². The maximum Gasteiger partial charge on any atom is -0.00206 e. The standard InChI is InChI=1S/C39H24.C14H16.C4H10.2C2H6.C2H4.C2H2/c1-23-20-30(32-16-12-28-10-8-24-4-2-6-26-14-18-34(32)38(28)36(24)26)22-31(21-23)33-17-13-29-11-9-25-5-3-7-27-15-19-35(33)39(29)37(25)27;1-11-7-3-5-9-13(11)14-10-6-4-8-12(14)2;1-4(2)3;4*1-2/h2-22H,1H3;3,5-7,9-10H,4,8H2,1-2H3;4H,1-3H3;2*1-2H3;1-2H2;1-2H. The second-order valence-electron chi connectivity index (χ2n) is 16.7. The molecule has 1 aliphatic rings. The Bertz CT molecular complexity index is 3000. The van der Waals surface area contributed by atoms with Crippen molar-refractivity contribution in [3.63, 3.8) is 0 Å². The molecule has 0 heteroatoms. The van der Waals surface area contributed by atoms with E-state index < -0.39 is 0 Å². The van der Waals surface area contributed by atoms with Crippen molar-refractivity contribution < 1.29 is 0 Å². The molecular formula is C65H68. The predicted molar refractivity (Wildman–Crippen MR) is 296 cm³/mol. The Balaban J connectivity index is 0.000000255. The summed E-state index contributed by atoms with van der Waals surface area (Å²) in [5, 5.41) is 16.0. The highest BCUT2D eigenvalue weighted by Crippen LogP contribution is 2.43. The first-order valence-electron chi connectivity index (χ1n) is 23.5. The van der Waals surface area contributed by atoms with Gasteiger partial charge in [-0.15, -0.1) is 26.0 Å². The number of allylic oxidation sites excluding steroid dienone is 4. The third-order valence-corrected chi connectivity index (χ3v) is 11.6. The van der Waals surface area contributed by atoms with Crippen LogP contribution in [0.15, 0.2) is 183 Å². The van der Waals surface area contributed by atoms with Gasteiger partial charge in [0.25, 0.3) is 0 Å². The van der Waals surface area contributed by atoms with Crippen LogP contribution in [0.1, 0.15) is 84.9 Å². The lowest BCUT2D eigenvalue weighted by atomic mass is 9.87. The van der Waals surface area contributed by atoms with E-state index in [0.29, 0.717) is 0 Å². The summed E-state index contributed by atoms with van der Waals surface area (Å²) in [7, 11) is 0. The number of aryl methyl sites for hydroxylation is 2. The fourth-order valence-corrected chi connectivity index (χ4v) is 9.04. The Labute approximate surface area is 390 Å². The second kappa shape index (κ2) is 23.1. The molecule has 11 rings (SSSR count). The Morgan fingerprint density at radius 2 is 0.831 bits per heavy atom. The molecule has 65 heavy (non-hydrogen) atoms. The zero-order valence-corrected chi connectivity index (χ0v) is 40.6. The van der Waals surface area contributed by atoms with Gasteiger partial charge in [-0.2, -0.15) is 0 Å². The van der Waals surface area contributed by atoms with Gasteiger partial charge >= 0.3 is 0 Å². The molecule has 10 aromatic rings. The number of terminal acetylenes is 1. The van der Waals surface area contributed by atoms with Crippen LogP contribution in [0.25, 0.3) is 92.5 Å². The van der Waals surface area contributed by atoms with E-state index in [1.807, 2.05) is 27.7 Å². The van der Waals surface area contributed by atoms with Crippen molar-refractivity contribution in [3.8, 4) is 35.1 Å². The zero-order chi connectivity index (χ0) is 47.2. The normalized spacial score (nSPS) is 11.6. The fraction of sp³-hybridized carbons (Fsp3) is 0.200. The van der Waals surface area contributed by atoms with Crippen molar-refractivity contribution in [3.05, 3.63) is 199 Å². The molecule has 328 valence electrons. The zero-order valence-electron chi connectivity index (χ0n) is 40.6. The van der Waals surface area contributed by atoms with Crippen LogP contribution in [0.4, 0.5) is 0 Å². The lowest BCUT2D eigenvalue weighted by Crippen LogP contribution is -1.93. The van der Waals surface area contributed by atoms with E-state index in [9.17, 15) is 0 Å². The maximum atomic E-state index is 4.00. The highest BCUT2D eigenvalue weighted by atomic mass is 14.2.